The van der Waals surface area contributed by atoms with Gasteiger partial charge < -0.3 is 9.41 Å². The third-order valence-electron chi connectivity index (χ3n) is 4.73. The fourth-order valence-electron chi connectivity index (χ4n) is 3.42. The van der Waals surface area contributed by atoms with Gasteiger partial charge in [0.2, 0.25) is 0 Å². The maximum Gasteiger partial charge on any atom is 0.256 e. The number of thiol groups is 1. The minimum atomic E-state index is -1.06. The summed E-state index contributed by atoms with van der Waals surface area (Å²) >= 11 is 4.21. The smallest absolute Gasteiger partial charge is 0.256 e. The number of hydrogen-bond donors (Lipinski definition) is 2. The molecule has 0 fully saturated rings. The minimum absolute atomic E-state index is 0.0820. The molecular weight excluding hydrogens is 429 g/mol. The van der Waals surface area contributed by atoms with Crippen LogP contribution in [0, 0.1) is 24.4 Å². The van der Waals surface area contributed by atoms with Crippen molar-refractivity contribution >= 4 is 24.4 Å². The van der Waals surface area contributed by atoms with E-state index in [1.807, 2.05) is 0 Å². The highest BCUT2D eigenvalue weighted by Gasteiger charge is 2.25. The van der Waals surface area contributed by atoms with Crippen molar-refractivity contribution in [3.8, 4) is 5.69 Å². The number of aryl methyl sites for hydroxylation is 1. The number of carbonyl (C=O) groups is 1. The monoisotopic (exact) mass is 448 g/mol. The summed E-state index contributed by atoms with van der Waals surface area (Å²) in [5, 5.41) is 9.11. The fraction of sp³-hybridized carbons (Fsp3) is 0.182. The molecule has 0 bridgehead atoms. The van der Waals surface area contributed by atoms with Crippen molar-refractivity contribution in [1.82, 2.24) is 4.57 Å². The summed E-state index contributed by atoms with van der Waals surface area (Å²) in [4.78, 5) is 25.8. The topological polar surface area (TPSA) is 62.5 Å². The quantitative estimate of drug-likeness (QED) is 0.447. The molecule has 162 valence electrons. The van der Waals surface area contributed by atoms with Gasteiger partial charge in [0.05, 0.1) is 16.8 Å². The van der Waals surface area contributed by atoms with E-state index in [0.717, 1.165) is 27.1 Å². The van der Waals surface area contributed by atoms with Crippen molar-refractivity contribution in [3.63, 3.8) is 0 Å². The van der Waals surface area contributed by atoms with Gasteiger partial charge in [0.15, 0.2) is 5.78 Å². The maximum atomic E-state index is 15.0. The predicted octanol–water partition coefficient (Wildman–Crippen LogP) is 3.61. The highest BCUT2D eigenvalue weighted by atomic mass is 32.1. The molecule has 0 unspecified atom stereocenters. The number of halogens is 3. The summed E-state index contributed by atoms with van der Waals surface area (Å²) in [7, 11) is 1.43. The molecule has 0 amide bonds. The van der Waals surface area contributed by atoms with E-state index in [1.165, 1.54) is 19.2 Å². The first-order chi connectivity index (χ1) is 14.6. The third kappa shape index (κ3) is 4.38. The van der Waals surface area contributed by atoms with E-state index < -0.39 is 34.4 Å². The Labute approximate surface area is 181 Å². The highest BCUT2D eigenvalue weighted by Crippen LogP contribution is 2.29. The number of aromatic nitrogens is 1. The molecule has 0 aliphatic heterocycles. The largest absolute Gasteiger partial charge is 0.396 e. The van der Waals surface area contributed by atoms with E-state index in [2.05, 4.69) is 12.8 Å². The SMILES string of the molecule is Cc1cc(CCO)cc(F)c1-n1c(N(C)S)c(C(=O)c2ccc(F)cc2F)ccc1=O. The molecule has 0 saturated carbocycles. The molecule has 9 heteroatoms. The van der Waals surface area contributed by atoms with Crippen LogP contribution in [0.25, 0.3) is 5.69 Å². The van der Waals surface area contributed by atoms with Crippen molar-refractivity contribution in [2.45, 2.75) is 13.3 Å². The lowest BCUT2D eigenvalue weighted by Crippen LogP contribution is -2.27. The molecule has 0 saturated heterocycles. The molecule has 0 spiro atoms. The van der Waals surface area contributed by atoms with Gasteiger partial charge in [0.1, 0.15) is 23.3 Å². The average molecular weight is 448 g/mol. The van der Waals surface area contributed by atoms with Crippen molar-refractivity contribution in [1.29, 1.82) is 0 Å². The molecule has 1 heterocycles. The summed E-state index contributed by atoms with van der Waals surface area (Å²) in [5.41, 5.74) is -0.338. The van der Waals surface area contributed by atoms with Crippen LogP contribution in [0.4, 0.5) is 19.0 Å². The van der Waals surface area contributed by atoms with Gasteiger partial charge in [-0.1, -0.05) is 18.9 Å². The zero-order chi connectivity index (χ0) is 22.9. The highest BCUT2D eigenvalue weighted by molar-refractivity contribution is 7.81. The number of pyridine rings is 1. The number of rotatable bonds is 6. The first-order valence-corrected chi connectivity index (χ1v) is 9.64. The molecule has 3 aromatic rings. The average Bonchev–Trinajstić information content (AvgIpc) is 2.68. The summed E-state index contributed by atoms with van der Waals surface area (Å²) in [6, 6.07) is 7.60. The molecule has 0 radical (unpaired) electrons. The second-order valence-electron chi connectivity index (χ2n) is 6.94. The summed E-state index contributed by atoms with van der Waals surface area (Å²) < 4.78 is 44.7. The number of ketones is 1. The van der Waals surface area contributed by atoms with Crippen LogP contribution in [0.3, 0.4) is 0 Å². The molecule has 1 N–H and O–H groups in total. The van der Waals surface area contributed by atoms with Crippen molar-refractivity contribution in [3.05, 3.63) is 92.5 Å². The van der Waals surface area contributed by atoms with Crippen LogP contribution in [-0.2, 0) is 6.42 Å². The van der Waals surface area contributed by atoms with Gasteiger partial charge in [-0.2, -0.15) is 0 Å². The van der Waals surface area contributed by atoms with Crippen LogP contribution in [0.5, 0.6) is 0 Å². The van der Waals surface area contributed by atoms with E-state index in [-0.39, 0.29) is 30.1 Å². The number of benzene rings is 2. The Morgan fingerprint density at radius 3 is 2.32 bits per heavy atom. The lowest BCUT2D eigenvalue weighted by Gasteiger charge is -2.23. The maximum absolute atomic E-state index is 15.0. The van der Waals surface area contributed by atoms with Gasteiger partial charge in [-0.05, 0) is 48.7 Å². The Kier molecular flexibility index (Phi) is 6.56. The Morgan fingerprint density at radius 2 is 1.74 bits per heavy atom. The van der Waals surface area contributed by atoms with E-state index in [4.69, 9.17) is 5.11 Å². The van der Waals surface area contributed by atoms with E-state index in [0.29, 0.717) is 17.2 Å². The standard InChI is InChI=1S/C22H19F3N2O3S/c1-12-9-13(7-8-28)10-18(25)20(12)27-19(29)6-5-16(22(27)26(2)31)21(30)15-4-3-14(23)11-17(15)24/h3-6,9-11,28,31H,7-8H2,1-2H3. The van der Waals surface area contributed by atoms with Crippen LogP contribution >= 0.6 is 12.8 Å². The van der Waals surface area contributed by atoms with Crippen LogP contribution < -0.4 is 9.86 Å². The first-order valence-electron chi connectivity index (χ1n) is 9.24. The number of aliphatic hydroxyl groups excluding tert-OH is 1. The zero-order valence-electron chi connectivity index (χ0n) is 16.7. The number of anilines is 1. The summed E-state index contributed by atoms with van der Waals surface area (Å²) in [5.74, 6) is -3.55. The second kappa shape index (κ2) is 8.99. The molecule has 1 aromatic heterocycles. The summed E-state index contributed by atoms with van der Waals surface area (Å²) in [6.07, 6.45) is 0.231. The van der Waals surface area contributed by atoms with Gasteiger partial charge >= 0.3 is 0 Å². The Hall–Kier alpha value is -3.04. The molecule has 0 aliphatic carbocycles. The van der Waals surface area contributed by atoms with Crippen molar-refractivity contribution in [2.24, 2.45) is 0 Å². The molecule has 31 heavy (non-hydrogen) atoms. The minimum Gasteiger partial charge on any atom is -0.396 e. The molecule has 5 nitrogen and oxygen atoms in total. The van der Waals surface area contributed by atoms with Crippen LogP contribution in [0.2, 0.25) is 0 Å². The lowest BCUT2D eigenvalue weighted by molar-refractivity contribution is 0.103. The normalized spacial score (nSPS) is 10.9. The number of aliphatic hydroxyl groups is 1. The fourth-order valence-corrected chi connectivity index (χ4v) is 3.62. The van der Waals surface area contributed by atoms with E-state index >= 15 is 4.39 Å². The molecular formula is C22H19F3N2O3S. The molecule has 3 rings (SSSR count). The molecule has 2 aromatic carbocycles. The molecule has 0 atom stereocenters. The third-order valence-corrected chi connectivity index (χ3v) is 4.92. The van der Waals surface area contributed by atoms with Gasteiger partial charge in [0.25, 0.3) is 5.56 Å². The predicted molar refractivity (Wildman–Crippen MR) is 115 cm³/mol. The zero-order valence-corrected chi connectivity index (χ0v) is 17.6. The molecule has 0 aliphatic rings. The Balaban J connectivity index is 2.29. The van der Waals surface area contributed by atoms with Gasteiger partial charge in [-0.3, -0.25) is 14.2 Å². The van der Waals surface area contributed by atoms with Gasteiger partial charge in [-0.15, -0.1) is 0 Å². The van der Waals surface area contributed by atoms with Crippen LogP contribution in [-0.4, -0.2) is 29.1 Å². The van der Waals surface area contributed by atoms with E-state index in [1.54, 1.807) is 13.0 Å². The van der Waals surface area contributed by atoms with Gasteiger partial charge in [-0.25, -0.2) is 13.2 Å². The lowest BCUT2D eigenvalue weighted by atomic mass is 10.0. The number of nitrogens with zero attached hydrogens (tertiary/aromatic N) is 2. The number of hydrogen-bond acceptors (Lipinski definition) is 5. The second-order valence-corrected chi connectivity index (χ2v) is 7.54. The summed E-state index contributed by atoms with van der Waals surface area (Å²) in [6.45, 7) is 1.41. The number of carbonyl (C=O) groups excluding carboxylic acids is 1. The Bertz CT molecular complexity index is 1200. The first kappa shape index (κ1) is 22.6. The van der Waals surface area contributed by atoms with E-state index in [9.17, 15) is 18.4 Å². The van der Waals surface area contributed by atoms with Crippen LogP contribution in [0.15, 0.2) is 47.3 Å². The van der Waals surface area contributed by atoms with Crippen molar-refractivity contribution in [2.75, 3.05) is 18.0 Å². The van der Waals surface area contributed by atoms with Crippen LogP contribution in [0.1, 0.15) is 27.0 Å². The van der Waals surface area contributed by atoms with Crippen molar-refractivity contribution < 1.29 is 23.1 Å². The van der Waals surface area contributed by atoms with Gasteiger partial charge in [0, 0.05) is 25.8 Å². The Morgan fingerprint density at radius 1 is 1.06 bits per heavy atom.